The molecule has 0 saturated heterocycles. The fourth-order valence-electron chi connectivity index (χ4n) is 1.27. The zero-order valence-electron chi connectivity index (χ0n) is 8.58. The van der Waals surface area contributed by atoms with E-state index in [4.69, 9.17) is 4.74 Å². The molecule has 0 aliphatic rings. The van der Waals surface area contributed by atoms with Gasteiger partial charge in [0.05, 0.1) is 19.3 Å². The maximum atomic E-state index is 5.20. The third-order valence-corrected chi connectivity index (χ3v) is 2.05. The highest BCUT2D eigenvalue weighted by Crippen LogP contribution is 2.16. The summed E-state index contributed by atoms with van der Waals surface area (Å²) in [5, 5.41) is 10.9. The number of aryl methyl sites for hydroxylation is 1. The summed E-state index contributed by atoms with van der Waals surface area (Å²) in [6.45, 7) is 2.50. The highest BCUT2D eigenvalue weighted by Gasteiger charge is 2.03. The standard InChI is InChI=1S/C9H11N5O/c1-7-4-10-8(3-9(7)15-2)5-14-6-11-12-13-14/h3-4,6H,5H2,1-2H3. The number of pyridine rings is 1. The van der Waals surface area contributed by atoms with Crippen molar-refractivity contribution in [2.75, 3.05) is 7.11 Å². The molecule has 0 radical (unpaired) electrons. The van der Waals surface area contributed by atoms with E-state index in [9.17, 15) is 0 Å². The summed E-state index contributed by atoms with van der Waals surface area (Å²) >= 11 is 0. The maximum absolute atomic E-state index is 5.20. The number of aromatic nitrogens is 5. The van der Waals surface area contributed by atoms with E-state index in [-0.39, 0.29) is 0 Å². The van der Waals surface area contributed by atoms with Crippen LogP contribution in [0.3, 0.4) is 0 Å². The van der Waals surface area contributed by atoms with Crippen LogP contribution in [0.1, 0.15) is 11.3 Å². The van der Waals surface area contributed by atoms with E-state index in [0.29, 0.717) is 6.54 Å². The lowest BCUT2D eigenvalue weighted by molar-refractivity contribution is 0.410. The molecule has 0 aliphatic carbocycles. The molecular weight excluding hydrogens is 194 g/mol. The summed E-state index contributed by atoms with van der Waals surface area (Å²) < 4.78 is 6.81. The van der Waals surface area contributed by atoms with Gasteiger partial charge in [0.1, 0.15) is 12.1 Å². The average Bonchev–Trinajstić information content (AvgIpc) is 2.73. The van der Waals surface area contributed by atoms with E-state index >= 15 is 0 Å². The second kappa shape index (κ2) is 4.04. The minimum Gasteiger partial charge on any atom is -0.496 e. The van der Waals surface area contributed by atoms with Crippen LogP contribution in [0, 0.1) is 6.92 Å². The van der Waals surface area contributed by atoms with Crippen molar-refractivity contribution in [1.29, 1.82) is 0 Å². The van der Waals surface area contributed by atoms with Crippen molar-refractivity contribution in [3.8, 4) is 5.75 Å². The number of nitrogens with zero attached hydrogens (tertiary/aromatic N) is 5. The summed E-state index contributed by atoms with van der Waals surface area (Å²) in [6.07, 6.45) is 3.33. The highest BCUT2D eigenvalue weighted by atomic mass is 16.5. The largest absolute Gasteiger partial charge is 0.496 e. The van der Waals surface area contributed by atoms with E-state index in [1.54, 1.807) is 24.3 Å². The molecule has 0 aliphatic heterocycles. The molecule has 0 amide bonds. The number of methoxy groups -OCH3 is 1. The minimum absolute atomic E-state index is 0.545. The molecule has 78 valence electrons. The van der Waals surface area contributed by atoms with Crippen molar-refractivity contribution >= 4 is 0 Å². The van der Waals surface area contributed by atoms with Crippen LogP contribution in [0.5, 0.6) is 5.75 Å². The van der Waals surface area contributed by atoms with Gasteiger partial charge in [-0.2, -0.15) is 0 Å². The maximum Gasteiger partial charge on any atom is 0.138 e. The number of rotatable bonds is 3. The van der Waals surface area contributed by atoms with Gasteiger partial charge in [0.2, 0.25) is 0 Å². The van der Waals surface area contributed by atoms with Crippen LogP contribution in [0.25, 0.3) is 0 Å². The summed E-state index contributed by atoms with van der Waals surface area (Å²) in [7, 11) is 1.64. The van der Waals surface area contributed by atoms with Crippen molar-refractivity contribution < 1.29 is 4.74 Å². The van der Waals surface area contributed by atoms with Crippen LogP contribution in [0.15, 0.2) is 18.6 Å². The molecule has 0 N–H and O–H groups in total. The van der Waals surface area contributed by atoms with Crippen molar-refractivity contribution in [3.63, 3.8) is 0 Å². The molecule has 0 spiro atoms. The third-order valence-electron chi connectivity index (χ3n) is 2.05. The Balaban J connectivity index is 2.22. The lowest BCUT2D eigenvalue weighted by Gasteiger charge is -2.06. The van der Waals surface area contributed by atoms with Crippen LogP contribution in [-0.2, 0) is 6.54 Å². The summed E-state index contributed by atoms with van der Waals surface area (Å²) in [5.41, 5.74) is 1.88. The number of hydrogen-bond donors (Lipinski definition) is 0. The van der Waals surface area contributed by atoms with Crippen molar-refractivity contribution in [2.24, 2.45) is 0 Å². The molecule has 2 rings (SSSR count). The van der Waals surface area contributed by atoms with Crippen LogP contribution in [0.2, 0.25) is 0 Å². The quantitative estimate of drug-likeness (QED) is 0.727. The molecule has 0 unspecified atom stereocenters. The van der Waals surface area contributed by atoms with Gasteiger partial charge in [-0.05, 0) is 17.4 Å². The molecule has 0 bridgehead atoms. The first-order chi connectivity index (χ1) is 7.29. The fraction of sp³-hybridized carbons (Fsp3) is 0.333. The second-order valence-electron chi connectivity index (χ2n) is 3.15. The van der Waals surface area contributed by atoms with Gasteiger partial charge in [-0.1, -0.05) is 0 Å². The number of hydrogen-bond acceptors (Lipinski definition) is 5. The molecule has 6 nitrogen and oxygen atoms in total. The van der Waals surface area contributed by atoms with Gasteiger partial charge >= 0.3 is 0 Å². The van der Waals surface area contributed by atoms with E-state index in [1.165, 1.54) is 0 Å². The first kappa shape index (κ1) is 9.57. The third kappa shape index (κ3) is 2.09. The SMILES string of the molecule is COc1cc(Cn2cnnn2)ncc1C. The number of ether oxygens (including phenoxy) is 1. The average molecular weight is 205 g/mol. The molecule has 0 fully saturated rings. The summed E-state index contributed by atoms with van der Waals surface area (Å²) in [4.78, 5) is 4.27. The van der Waals surface area contributed by atoms with Gasteiger partial charge in [-0.25, -0.2) is 4.68 Å². The second-order valence-corrected chi connectivity index (χ2v) is 3.15. The summed E-state index contributed by atoms with van der Waals surface area (Å²) in [6, 6.07) is 1.89. The molecule has 2 aromatic rings. The Hall–Kier alpha value is -1.98. The summed E-state index contributed by atoms with van der Waals surface area (Å²) in [5.74, 6) is 0.827. The van der Waals surface area contributed by atoms with Crippen LogP contribution < -0.4 is 4.74 Å². The highest BCUT2D eigenvalue weighted by molar-refractivity contribution is 5.31. The van der Waals surface area contributed by atoms with Crippen molar-refractivity contribution in [1.82, 2.24) is 25.2 Å². The monoisotopic (exact) mass is 205 g/mol. The lowest BCUT2D eigenvalue weighted by atomic mass is 10.2. The molecule has 15 heavy (non-hydrogen) atoms. The lowest BCUT2D eigenvalue weighted by Crippen LogP contribution is -2.03. The minimum atomic E-state index is 0.545. The van der Waals surface area contributed by atoms with Crippen LogP contribution >= 0.6 is 0 Å². The predicted octanol–water partition coefficient (Wildman–Crippen LogP) is 0.433. The number of tetrazole rings is 1. The Morgan fingerprint density at radius 2 is 2.33 bits per heavy atom. The molecule has 2 heterocycles. The molecular formula is C9H11N5O. The first-order valence-corrected chi connectivity index (χ1v) is 4.50. The smallest absolute Gasteiger partial charge is 0.138 e. The molecule has 2 aromatic heterocycles. The fourth-order valence-corrected chi connectivity index (χ4v) is 1.27. The van der Waals surface area contributed by atoms with E-state index in [0.717, 1.165) is 17.0 Å². The van der Waals surface area contributed by atoms with Crippen LogP contribution in [-0.4, -0.2) is 32.3 Å². The molecule has 0 saturated carbocycles. The first-order valence-electron chi connectivity index (χ1n) is 4.50. The Kier molecular flexibility index (Phi) is 2.57. The Bertz CT molecular complexity index is 440. The van der Waals surface area contributed by atoms with E-state index in [1.807, 2.05) is 13.0 Å². The Morgan fingerprint density at radius 1 is 1.47 bits per heavy atom. The van der Waals surface area contributed by atoms with Gasteiger partial charge in [0.25, 0.3) is 0 Å². The Labute approximate surface area is 86.9 Å². The zero-order valence-corrected chi connectivity index (χ0v) is 8.58. The van der Waals surface area contributed by atoms with Gasteiger partial charge in [0.15, 0.2) is 0 Å². The molecule has 0 aromatic carbocycles. The van der Waals surface area contributed by atoms with E-state index < -0.39 is 0 Å². The van der Waals surface area contributed by atoms with Gasteiger partial charge < -0.3 is 4.74 Å². The topological polar surface area (TPSA) is 65.7 Å². The van der Waals surface area contributed by atoms with E-state index in [2.05, 4.69) is 20.5 Å². The van der Waals surface area contributed by atoms with Gasteiger partial charge in [0, 0.05) is 17.8 Å². The van der Waals surface area contributed by atoms with Crippen molar-refractivity contribution in [2.45, 2.75) is 13.5 Å². The molecule has 6 heteroatoms. The van der Waals surface area contributed by atoms with Crippen LogP contribution in [0.4, 0.5) is 0 Å². The van der Waals surface area contributed by atoms with Gasteiger partial charge in [-0.3, -0.25) is 4.98 Å². The normalized spacial score (nSPS) is 10.3. The van der Waals surface area contributed by atoms with Crippen molar-refractivity contribution in [3.05, 3.63) is 29.8 Å². The zero-order chi connectivity index (χ0) is 10.7. The van der Waals surface area contributed by atoms with Gasteiger partial charge in [-0.15, -0.1) is 5.10 Å². The predicted molar refractivity (Wildman–Crippen MR) is 52.4 cm³/mol. The Morgan fingerprint density at radius 3 is 3.00 bits per heavy atom. The molecule has 0 atom stereocenters.